The Hall–Kier alpha value is -1.45. The molecule has 0 radical (unpaired) electrons. The molecule has 0 bridgehead atoms. The molecule has 0 unspecified atom stereocenters. The average Bonchev–Trinajstić information content (AvgIpc) is 2.30. The number of carbonyl (C=O) groups is 1. The Morgan fingerprint density at radius 2 is 2.15 bits per heavy atom. The van der Waals surface area contributed by atoms with E-state index in [0.717, 1.165) is 0 Å². The van der Waals surface area contributed by atoms with Gasteiger partial charge < -0.3 is 14.9 Å². The molecule has 0 atom stereocenters. The number of anilines is 1. The Bertz CT molecular complexity index is 309. The summed E-state index contributed by atoms with van der Waals surface area (Å²) < 4.78 is 9.92. The average molecular weight is 183 g/mol. The molecule has 1 aromatic heterocycles. The van der Waals surface area contributed by atoms with Crippen LogP contribution < -0.4 is 5.73 Å². The maximum atomic E-state index is 11.3. The highest BCUT2D eigenvalue weighted by Crippen LogP contribution is 2.17. The third-order valence-corrected chi connectivity index (χ3v) is 1.28. The fraction of sp³-hybridized carbons (Fsp3) is 0.444. The number of rotatable bonds is 1. The summed E-state index contributed by atoms with van der Waals surface area (Å²) in [5, 5.41) is 0. The minimum Gasteiger partial charge on any atom is -0.455 e. The first-order chi connectivity index (χ1) is 5.90. The smallest absolute Gasteiger partial charge is 0.376 e. The van der Waals surface area contributed by atoms with E-state index in [2.05, 4.69) is 0 Å². The molecule has 0 fully saturated rings. The van der Waals surface area contributed by atoms with E-state index in [1.165, 1.54) is 12.3 Å². The van der Waals surface area contributed by atoms with Gasteiger partial charge in [-0.05, 0) is 20.8 Å². The van der Waals surface area contributed by atoms with Crippen LogP contribution in [0.4, 0.5) is 5.69 Å². The molecule has 0 amide bonds. The van der Waals surface area contributed by atoms with Crippen molar-refractivity contribution in [2.75, 3.05) is 5.73 Å². The largest absolute Gasteiger partial charge is 0.455 e. The van der Waals surface area contributed by atoms with Crippen LogP contribution in [0.3, 0.4) is 0 Å². The van der Waals surface area contributed by atoms with Crippen molar-refractivity contribution in [3.05, 3.63) is 18.1 Å². The van der Waals surface area contributed by atoms with Crippen molar-refractivity contribution in [2.24, 2.45) is 0 Å². The number of ether oxygens (including phenoxy) is 1. The molecule has 0 aliphatic heterocycles. The lowest BCUT2D eigenvalue weighted by Crippen LogP contribution is -2.24. The lowest BCUT2D eigenvalue weighted by atomic mass is 10.2. The molecule has 0 spiro atoms. The maximum Gasteiger partial charge on any atom is 0.376 e. The summed E-state index contributed by atoms with van der Waals surface area (Å²) in [5.74, 6) is -0.468. The van der Waals surface area contributed by atoms with Crippen LogP contribution in [0, 0.1) is 0 Å². The number of nitrogen functional groups attached to an aromatic ring is 1. The number of hydrogen-bond acceptors (Lipinski definition) is 4. The van der Waals surface area contributed by atoms with Gasteiger partial charge in [0.2, 0.25) is 5.76 Å². The van der Waals surface area contributed by atoms with E-state index in [0.29, 0.717) is 5.69 Å². The molecule has 4 nitrogen and oxygen atoms in total. The zero-order valence-corrected chi connectivity index (χ0v) is 7.96. The molecule has 72 valence electrons. The minimum absolute atomic E-state index is 0.0647. The second kappa shape index (κ2) is 3.12. The highest BCUT2D eigenvalue weighted by atomic mass is 16.6. The van der Waals surface area contributed by atoms with Gasteiger partial charge in [-0.15, -0.1) is 0 Å². The van der Waals surface area contributed by atoms with Crippen molar-refractivity contribution in [1.82, 2.24) is 0 Å². The van der Waals surface area contributed by atoms with Gasteiger partial charge >= 0.3 is 5.97 Å². The molecule has 2 N–H and O–H groups in total. The van der Waals surface area contributed by atoms with Crippen LogP contribution in [0.1, 0.15) is 31.3 Å². The lowest BCUT2D eigenvalue weighted by Gasteiger charge is -2.18. The summed E-state index contributed by atoms with van der Waals surface area (Å²) in [7, 11) is 0. The van der Waals surface area contributed by atoms with Crippen LogP contribution >= 0.6 is 0 Å². The third kappa shape index (κ3) is 2.50. The van der Waals surface area contributed by atoms with Crippen LogP contribution in [0.5, 0.6) is 0 Å². The Morgan fingerprint density at radius 1 is 1.54 bits per heavy atom. The number of hydrogen-bond donors (Lipinski definition) is 1. The second-order valence-electron chi connectivity index (χ2n) is 3.71. The number of nitrogens with two attached hydrogens (primary N) is 1. The zero-order chi connectivity index (χ0) is 10.1. The molecular formula is C9H13NO3. The summed E-state index contributed by atoms with van der Waals surface area (Å²) >= 11 is 0. The van der Waals surface area contributed by atoms with E-state index in [9.17, 15) is 4.79 Å². The molecule has 0 aromatic carbocycles. The molecule has 13 heavy (non-hydrogen) atoms. The monoisotopic (exact) mass is 183 g/mol. The summed E-state index contributed by atoms with van der Waals surface area (Å²) in [6.07, 6.45) is 1.36. The molecule has 0 saturated carbocycles. The summed E-state index contributed by atoms with van der Waals surface area (Å²) in [6.45, 7) is 5.35. The Labute approximate surface area is 76.7 Å². The molecule has 0 aliphatic carbocycles. The van der Waals surface area contributed by atoms with Gasteiger partial charge in [0, 0.05) is 6.07 Å². The molecule has 1 heterocycles. The molecule has 0 saturated heterocycles. The molecule has 1 rings (SSSR count). The Kier molecular flexibility index (Phi) is 2.32. The lowest BCUT2D eigenvalue weighted by molar-refractivity contribution is 0.00377. The van der Waals surface area contributed by atoms with Gasteiger partial charge in [-0.3, -0.25) is 0 Å². The number of esters is 1. The third-order valence-electron chi connectivity index (χ3n) is 1.28. The van der Waals surface area contributed by atoms with E-state index < -0.39 is 11.6 Å². The Balaban J connectivity index is 2.76. The molecular weight excluding hydrogens is 170 g/mol. The van der Waals surface area contributed by atoms with E-state index in [4.69, 9.17) is 14.9 Å². The quantitative estimate of drug-likeness (QED) is 0.674. The van der Waals surface area contributed by atoms with Crippen molar-refractivity contribution in [2.45, 2.75) is 26.4 Å². The number of furan rings is 1. The normalized spacial score (nSPS) is 11.3. The van der Waals surface area contributed by atoms with Gasteiger partial charge in [0.25, 0.3) is 0 Å². The molecule has 1 aromatic rings. The van der Waals surface area contributed by atoms with Crippen molar-refractivity contribution in [3.63, 3.8) is 0 Å². The summed E-state index contributed by atoms with van der Waals surface area (Å²) in [5.41, 5.74) is 5.23. The minimum atomic E-state index is -0.532. The fourth-order valence-corrected chi connectivity index (χ4v) is 0.810. The van der Waals surface area contributed by atoms with Gasteiger partial charge in [0.05, 0.1) is 12.0 Å². The van der Waals surface area contributed by atoms with Crippen molar-refractivity contribution in [1.29, 1.82) is 0 Å². The molecule has 0 aliphatic rings. The van der Waals surface area contributed by atoms with Gasteiger partial charge in [-0.25, -0.2) is 4.79 Å². The number of carbonyl (C=O) groups excluding carboxylic acids is 1. The predicted octanol–water partition coefficient (Wildman–Crippen LogP) is 1.82. The van der Waals surface area contributed by atoms with E-state index in [1.807, 2.05) is 0 Å². The zero-order valence-electron chi connectivity index (χ0n) is 7.96. The van der Waals surface area contributed by atoms with Crippen molar-refractivity contribution in [3.8, 4) is 0 Å². The SMILES string of the molecule is CC(C)(C)OC(=O)c1occc1N. The maximum absolute atomic E-state index is 11.3. The standard InChI is InChI=1S/C9H13NO3/c1-9(2,3)13-8(11)7-6(10)4-5-12-7/h4-5H,10H2,1-3H3. The van der Waals surface area contributed by atoms with Crippen LogP contribution in [-0.2, 0) is 4.74 Å². The van der Waals surface area contributed by atoms with E-state index in [1.54, 1.807) is 20.8 Å². The van der Waals surface area contributed by atoms with Crippen LogP contribution in [0.15, 0.2) is 16.7 Å². The van der Waals surface area contributed by atoms with Gasteiger partial charge in [-0.1, -0.05) is 0 Å². The van der Waals surface area contributed by atoms with Crippen LogP contribution in [0.25, 0.3) is 0 Å². The van der Waals surface area contributed by atoms with Crippen LogP contribution in [-0.4, -0.2) is 11.6 Å². The van der Waals surface area contributed by atoms with Gasteiger partial charge in [0.1, 0.15) is 5.60 Å². The second-order valence-corrected chi connectivity index (χ2v) is 3.71. The topological polar surface area (TPSA) is 65.5 Å². The fourth-order valence-electron chi connectivity index (χ4n) is 0.810. The van der Waals surface area contributed by atoms with Gasteiger partial charge in [0.15, 0.2) is 0 Å². The Morgan fingerprint density at radius 3 is 2.54 bits per heavy atom. The summed E-state index contributed by atoms with van der Waals surface area (Å²) in [6, 6.07) is 1.51. The first-order valence-electron chi connectivity index (χ1n) is 3.96. The first-order valence-corrected chi connectivity index (χ1v) is 3.96. The molecule has 4 heteroatoms. The van der Waals surface area contributed by atoms with E-state index in [-0.39, 0.29) is 5.76 Å². The highest BCUT2D eigenvalue weighted by Gasteiger charge is 2.21. The van der Waals surface area contributed by atoms with Crippen molar-refractivity contribution < 1.29 is 13.9 Å². The predicted molar refractivity (Wildman–Crippen MR) is 48.3 cm³/mol. The first kappa shape index (κ1) is 9.64. The highest BCUT2D eigenvalue weighted by molar-refractivity contribution is 5.92. The van der Waals surface area contributed by atoms with Crippen LogP contribution in [0.2, 0.25) is 0 Å². The van der Waals surface area contributed by atoms with Crippen molar-refractivity contribution >= 4 is 11.7 Å². The van der Waals surface area contributed by atoms with E-state index >= 15 is 0 Å². The summed E-state index contributed by atoms with van der Waals surface area (Å²) in [4.78, 5) is 11.3. The van der Waals surface area contributed by atoms with Gasteiger partial charge in [-0.2, -0.15) is 0 Å².